The van der Waals surface area contributed by atoms with Crippen molar-refractivity contribution in [3.05, 3.63) is 0 Å². The van der Waals surface area contributed by atoms with Crippen molar-refractivity contribution in [1.82, 2.24) is 0 Å². The highest BCUT2D eigenvalue weighted by atomic mass is 31.1. The van der Waals surface area contributed by atoms with Gasteiger partial charge < -0.3 is 0 Å². The van der Waals surface area contributed by atoms with Gasteiger partial charge in [0.05, 0.1) is 0 Å². The number of rotatable bonds is 4. The summed E-state index contributed by atoms with van der Waals surface area (Å²) in [6, 6.07) is 0. The van der Waals surface area contributed by atoms with Gasteiger partial charge in [0, 0.05) is 0 Å². The van der Waals surface area contributed by atoms with Crippen LogP contribution in [0, 0.1) is 0 Å². The fourth-order valence-electron chi connectivity index (χ4n) is 2.58. The van der Waals surface area contributed by atoms with E-state index in [4.69, 9.17) is 0 Å². The Bertz CT molecular complexity index is 132. The molecule has 0 aromatic heterocycles. The van der Waals surface area contributed by atoms with E-state index in [1.807, 2.05) is 0 Å². The van der Waals surface area contributed by atoms with Crippen LogP contribution in [-0.2, 0) is 0 Å². The third-order valence-corrected chi connectivity index (χ3v) is 5.33. The minimum atomic E-state index is 1.05. The molecule has 1 heteroatoms. The Morgan fingerprint density at radius 3 is 1.81 bits per heavy atom. The Hall–Kier alpha value is 0.430. The maximum Gasteiger partial charge on any atom is -0.0170 e. The maximum absolute atomic E-state index is 2.31. The molecular weight excluding hydrogens is 211 g/mol. The summed E-state index contributed by atoms with van der Waals surface area (Å²) in [5, 5.41) is 0. The van der Waals surface area contributed by atoms with Gasteiger partial charge in [0.25, 0.3) is 0 Å². The average Bonchev–Trinajstić information content (AvgIpc) is 2.35. The van der Waals surface area contributed by atoms with Crippen molar-refractivity contribution >= 4 is 8.58 Å². The van der Waals surface area contributed by atoms with E-state index >= 15 is 0 Å². The topological polar surface area (TPSA) is 0 Å². The van der Waals surface area contributed by atoms with Crippen molar-refractivity contribution in [2.75, 3.05) is 6.16 Å². The Morgan fingerprint density at radius 2 is 1.31 bits per heavy atom. The standard InChI is InChI=1S/C15H30P/c1-2-3-14-16-15-12-10-8-6-4-5-7-9-11-13-15/h15H,2-14H2,1H3. The molecule has 0 unspecified atom stereocenters. The Labute approximate surface area is 105 Å². The number of unbranched alkanes of at least 4 members (excludes halogenated alkanes) is 1. The van der Waals surface area contributed by atoms with Gasteiger partial charge in [-0.2, -0.15) is 0 Å². The zero-order chi connectivity index (χ0) is 11.5. The molecule has 0 bridgehead atoms. The predicted octanol–water partition coefficient (Wildman–Crippen LogP) is 6.02. The Balaban J connectivity index is 2.17. The minimum absolute atomic E-state index is 1.05. The van der Waals surface area contributed by atoms with E-state index < -0.39 is 0 Å². The predicted molar refractivity (Wildman–Crippen MR) is 76.7 cm³/mol. The highest BCUT2D eigenvalue weighted by Crippen LogP contribution is 2.30. The Morgan fingerprint density at radius 1 is 0.812 bits per heavy atom. The van der Waals surface area contributed by atoms with Crippen molar-refractivity contribution < 1.29 is 0 Å². The van der Waals surface area contributed by atoms with Crippen LogP contribution in [0.4, 0.5) is 0 Å². The van der Waals surface area contributed by atoms with Gasteiger partial charge in [0.1, 0.15) is 0 Å². The average molecular weight is 241 g/mol. The largest absolute Gasteiger partial charge is 0.0775 e. The van der Waals surface area contributed by atoms with Crippen LogP contribution in [0.1, 0.15) is 84.0 Å². The lowest BCUT2D eigenvalue weighted by molar-refractivity contribution is 0.585. The summed E-state index contributed by atoms with van der Waals surface area (Å²) in [4.78, 5) is 0. The summed E-state index contributed by atoms with van der Waals surface area (Å²) in [7, 11) is 1.77. The van der Waals surface area contributed by atoms with Gasteiger partial charge in [0.2, 0.25) is 0 Å². The van der Waals surface area contributed by atoms with Gasteiger partial charge in [-0.3, -0.25) is 0 Å². The molecule has 1 fully saturated rings. The molecule has 1 aliphatic carbocycles. The second-order valence-corrected chi connectivity index (χ2v) is 6.86. The van der Waals surface area contributed by atoms with E-state index in [0.717, 1.165) is 5.66 Å². The lowest BCUT2D eigenvalue weighted by Gasteiger charge is -2.15. The molecule has 0 amide bonds. The zero-order valence-electron chi connectivity index (χ0n) is 11.2. The first kappa shape index (κ1) is 14.5. The molecule has 0 spiro atoms. The van der Waals surface area contributed by atoms with Gasteiger partial charge in [-0.1, -0.05) is 73.3 Å². The first-order valence-corrected chi connectivity index (χ1v) is 8.75. The highest BCUT2D eigenvalue weighted by molar-refractivity contribution is 7.38. The van der Waals surface area contributed by atoms with Crippen molar-refractivity contribution in [1.29, 1.82) is 0 Å². The molecule has 1 saturated carbocycles. The summed E-state index contributed by atoms with van der Waals surface area (Å²) in [5.41, 5.74) is 1.05. The summed E-state index contributed by atoms with van der Waals surface area (Å²) in [6.07, 6.45) is 19.3. The molecule has 0 heterocycles. The molecule has 0 saturated heterocycles. The van der Waals surface area contributed by atoms with Crippen molar-refractivity contribution in [2.24, 2.45) is 0 Å². The van der Waals surface area contributed by atoms with E-state index in [9.17, 15) is 0 Å². The molecule has 0 aromatic rings. The second-order valence-electron chi connectivity index (χ2n) is 5.32. The molecule has 1 radical (unpaired) electrons. The minimum Gasteiger partial charge on any atom is -0.0775 e. The van der Waals surface area contributed by atoms with Crippen molar-refractivity contribution in [3.8, 4) is 0 Å². The third kappa shape index (κ3) is 7.66. The van der Waals surface area contributed by atoms with E-state index in [0.29, 0.717) is 0 Å². The molecular formula is C15H30P. The van der Waals surface area contributed by atoms with Crippen molar-refractivity contribution in [2.45, 2.75) is 89.6 Å². The van der Waals surface area contributed by atoms with Crippen LogP contribution in [0.3, 0.4) is 0 Å². The van der Waals surface area contributed by atoms with Crippen LogP contribution in [0.2, 0.25) is 0 Å². The van der Waals surface area contributed by atoms with Crippen LogP contribution < -0.4 is 0 Å². The second kappa shape index (κ2) is 10.6. The molecule has 16 heavy (non-hydrogen) atoms. The first-order valence-electron chi connectivity index (χ1n) is 7.60. The fourth-order valence-corrected chi connectivity index (χ4v) is 4.17. The summed E-state index contributed by atoms with van der Waals surface area (Å²) < 4.78 is 0. The maximum atomic E-state index is 2.31. The van der Waals surface area contributed by atoms with Crippen LogP contribution in [0.25, 0.3) is 0 Å². The van der Waals surface area contributed by atoms with Crippen molar-refractivity contribution in [3.63, 3.8) is 0 Å². The monoisotopic (exact) mass is 241 g/mol. The van der Waals surface area contributed by atoms with Crippen LogP contribution >= 0.6 is 8.58 Å². The van der Waals surface area contributed by atoms with Gasteiger partial charge in [-0.25, -0.2) is 0 Å². The Kier molecular flexibility index (Phi) is 9.58. The number of hydrogen-bond donors (Lipinski definition) is 0. The third-order valence-electron chi connectivity index (χ3n) is 3.72. The summed E-state index contributed by atoms with van der Waals surface area (Å²) >= 11 is 0. The fraction of sp³-hybridized carbons (Fsp3) is 1.00. The summed E-state index contributed by atoms with van der Waals surface area (Å²) in [5.74, 6) is 0. The van der Waals surface area contributed by atoms with Gasteiger partial charge in [0.15, 0.2) is 0 Å². The summed E-state index contributed by atoms with van der Waals surface area (Å²) in [6.45, 7) is 2.31. The molecule has 0 nitrogen and oxygen atoms in total. The zero-order valence-corrected chi connectivity index (χ0v) is 12.1. The van der Waals surface area contributed by atoms with E-state index in [1.54, 1.807) is 8.58 Å². The quantitative estimate of drug-likeness (QED) is 0.417. The molecule has 0 aromatic carbocycles. The van der Waals surface area contributed by atoms with Gasteiger partial charge in [-0.05, 0) is 31.1 Å². The van der Waals surface area contributed by atoms with Crippen LogP contribution in [0.15, 0.2) is 0 Å². The van der Waals surface area contributed by atoms with Gasteiger partial charge in [-0.15, -0.1) is 0 Å². The van der Waals surface area contributed by atoms with E-state index in [2.05, 4.69) is 6.92 Å². The molecule has 1 aliphatic rings. The molecule has 95 valence electrons. The van der Waals surface area contributed by atoms with Crippen LogP contribution in [0.5, 0.6) is 0 Å². The van der Waals surface area contributed by atoms with Crippen LogP contribution in [-0.4, -0.2) is 11.8 Å². The highest BCUT2D eigenvalue weighted by Gasteiger charge is 2.09. The molecule has 0 atom stereocenters. The number of hydrogen-bond acceptors (Lipinski definition) is 0. The molecule has 1 rings (SSSR count). The van der Waals surface area contributed by atoms with Gasteiger partial charge >= 0.3 is 0 Å². The molecule has 0 aliphatic heterocycles. The SMILES string of the molecule is CCCC[P]C1CCCCCCCCCC1. The first-order chi connectivity index (χ1) is 7.93. The van der Waals surface area contributed by atoms with E-state index in [-0.39, 0.29) is 0 Å². The lowest BCUT2D eigenvalue weighted by Crippen LogP contribution is -2.02. The molecule has 0 N–H and O–H groups in total. The lowest BCUT2D eigenvalue weighted by atomic mass is 10.1. The normalized spacial score (nSPS) is 22.3. The van der Waals surface area contributed by atoms with E-state index in [1.165, 1.54) is 83.2 Å². The smallest absolute Gasteiger partial charge is 0.0170 e.